The molecule has 1 N–H and O–H groups in total. The first-order valence-corrected chi connectivity index (χ1v) is 7.71. The highest BCUT2D eigenvalue weighted by Crippen LogP contribution is 2.33. The van der Waals surface area contributed by atoms with Gasteiger partial charge in [-0.15, -0.1) is 0 Å². The van der Waals surface area contributed by atoms with Crippen LogP contribution in [0.1, 0.15) is 15.9 Å². The first kappa shape index (κ1) is 17.6. The third kappa shape index (κ3) is 3.27. The lowest BCUT2D eigenvalue weighted by Gasteiger charge is -2.13. The van der Waals surface area contributed by atoms with Gasteiger partial charge < -0.3 is 5.32 Å². The normalized spacial score (nSPS) is 10.6. The summed E-state index contributed by atoms with van der Waals surface area (Å²) < 4.78 is 12.5. The van der Waals surface area contributed by atoms with E-state index < -0.39 is 10.9 Å². The third-order valence-electron chi connectivity index (χ3n) is 3.80. The molecule has 0 spiro atoms. The Hall–Kier alpha value is -3.26. The maximum absolute atomic E-state index is 12.5. The van der Waals surface area contributed by atoms with Gasteiger partial charge in [0.25, 0.3) is 5.69 Å². The molecule has 0 aliphatic carbocycles. The second kappa shape index (κ2) is 6.93. The molecule has 0 saturated carbocycles. The first-order valence-electron chi connectivity index (χ1n) is 7.34. The molecule has 0 bridgehead atoms. The molecule has 1 heterocycles. The summed E-state index contributed by atoms with van der Waals surface area (Å²) in [6.45, 7) is 1.61. The van der Waals surface area contributed by atoms with Crippen LogP contribution in [0.5, 0.6) is 0 Å². The highest BCUT2D eigenvalue weighted by molar-refractivity contribution is 6.31. The van der Waals surface area contributed by atoms with Crippen molar-refractivity contribution < 1.29 is 19.2 Å². The van der Waals surface area contributed by atoms with Gasteiger partial charge >= 0.3 is 5.97 Å². The van der Waals surface area contributed by atoms with E-state index in [0.29, 0.717) is 27.2 Å². The van der Waals surface area contributed by atoms with Crippen LogP contribution in [0.25, 0.3) is 10.9 Å². The van der Waals surface area contributed by atoms with Crippen molar-refractivity contribution in [2.24, 2.45) is 0 Å². The summed E-state index contributed by atoms with van der Waals surface area (Å²) in [5, 5.41) is 14.9. The van der Waals surface area contributed by atoms with Crippen molar-refractivity contribution in [2.75, 3.05) is 5.32 Å². The van der Waals surface area contributed by atoms with E-state index in [1.807, 2.05) is 0 Å². The Labute approximate surface area is 151 Å². The molecule has 7 nitrogen and oxygen atoms in total. The van der Waals surface area contributed by atoms with E-state index in [2.05, 4.69) is 15.2 Å². The van der Waals surface area contributed by atoms with Crippen molar-refractivity contribution in [3.63, 3.8) is 0 Å². The van der Waals surface area contributed by atoms with Gasteiger partial charge in [-0.2, -0.15) is 0 Å². The number of nitrogens with zero attached hydrogens (tertiary/aromatic N) is 2. The number of rotatable bonds is 4. The predicted molar refractivity (Wildman–Crippen MR) is 94.4 cm³/mol. The average molecular weight is 376 g/mol. The van der Waals surface area contributed by atoms with Crippen LogP contribution >= 0.6 is 11.6 Å². The van der Waals surface area contributed by atoms with E-state index >= 15 is 0 Å². The van der Waals surface area contributed by atoms with Crippen LogP contribution in [0.15, 0.2) is 42.6 Å². The van der Waals surface area contributed by atoms with E-state index in [1.165, 1.54) is 6.07 Å². The van der Waals surface area contributed by atoms with Crippen molar-refractivity contribution >= 4 is 45.5 Å². The van der Waals surface area contributed by atoms with Crippen molar-refractivity contribution in [2.45, 2.75) is 6.92 Å². The molecule has 0 fully saturated rings. The number of halogens is 2. The van der Waals surface area contributed by atoms with Crippen molar-refractivity contribution in [3.05, 3.63) is 68.9 Å². The van der Waals surface area contributed by atoms with Crippen molar-refractivity contribution in [1.29, 1.82) is 0 Å². The Kier molecular flexibility index (Phi) is 4.68. The lowest BCUT2D eigenvalue weighted by molar-refractivity contribution is -0.385. The van der Waals surface area contributed by atoms with Crippen LogP contribution in [0.4, 0.5) is 21.6 Å². The van der Waals surface area contributed by atoms with E-state index in [0.717, 1.165) is 6.20 Å². The maximum atomic E-state index is 12.5. The van der Waals surface area contributed by atoms with E-state index in [1.54, 1.807) is 37.3 Å². The standard InChI is InChI=1S/C17H11ClFN3O4/c1-9-2-4-11(7-15(9)22(24)25)21-16-12-6-10(18)3-5-14(12)20-8-13(16)17(23)26-19/h2-8H,1H3,(H,20,21). The summed E-state index contributed by atoms with van der Waals surface area (Å²) in [6, 6.07) is 9.27. The van der Waals surface area contributed by atoms with Gasteiger partial charge in [0.2, 0.25) is 0 Å². The molecule has 26 heavy (non-hydrogen) atoms. The van der Waals surface area contributed by atoms with Crippen LogP contribution in [0.2, 0.25) is 5.02 Å². The highest BCUT2D eigenvalue weighted by Gasteiger charge is 2.19. The monoisotopic (exact) mass is 375 g/mol. The summed E-state index contributed by atoms with van der Waals surface area (Å²) in [6.07, 6.45) is 1.16. The minimum atomic E-state index is -1.25. The average Bonchev–Trinajstić information content (AvgIpc) is 2.62. The van der Waals surface area contributed by atoms with Gasteiger partial charge in [-0.05, 0) is 31.2 Å². The number of nitro benzene ring substituents is 1. The lowest BCUT2D eigenvalue weighted by Crippen LogP contribution is -2.06. The molecule has 0 saturated heterocycles. The number of anilines is 2. The number of hydrogen-bond acceptors (Lipinski definition) is 6. The molecule has 1 aromatic heterocycles. The van der Waals surface area contributed by atoms with E-state index in [-0.39, 0.29) is 16.9 Å². The number of fused-ring (bicyclic) bond motifs is 1. The fourth-order valence-electron chi connectivity index (χ4n) is 2.52. The number of aromatic nitrogens is 1. The van der Waals surface area contributed by atoms with Crippen molar-refractivity contribution in [1.82, 2.24) is 4.98 Å². The molecule has 3 aromatic rings. The number of benzene rings is 2. The molecule has 132 valence electrons. The molecule has 0 aliphatic rings. The summed E-state index contributed by atoms with van der Waals surface area (Å²) in [5.74, 6) is -1.25. The Morgan fingerprint density at radius 2 is 2.08 bits per heavy atom. The van der Waals surface area contributed by atoms with Gasteiger partial charge in [0.15, 0.2) is 0 Å². The second-order valence-electron chi connectivity index (χ2n) is 5.46. The molecule has 0 atom stereocenters. The minimum Gasteiger partial charge on any atom is -0.354 e. The Bertz CT molecular complexity index is 1040. The molecule has 9 heteroatoms. The molecule has 3 rings (SSSR count). The quantitative estimate of drug-likeness (QED) is 0.515. The van der Waals surface area contributed by atoms with E-state index in [4.69, 9.17) is 11.6 Å². The van der Waals surface area contributed by atoms with Crippen LogP contribution in [-0.2, 0) is 4.94 Å². The van der Waals surface area contributed by atoms with Gasteiger partial charge in [0, 0.05) is 38.4 Å². The SMILES string of the molecule is Cc1ccc(Nc2c(C(=O)OF)cnc3ccc(Cl)cc23)cc1[N+](=O)[O-]. The Morgan fingerprint density at radius 3 is 2.77 bits per heavy atom. The zero-order valence-electron chi connectivity index (χ0n) is 13.3. The lowest BCUT2D eigenvalue weighted by atomic mass is 10.1. The number of hydrogen-bond donors (Lipinski definition) is 1. The number of pyridine rings is 1. The van der Waals surface area contributed by atoms with Gasteiger partial charge in [0.05, 0.1) is 16.1 Å². The fraction of sp³-hybridized carbons (Fsp3) is 0.0588. The number of nitro groups is 1. The zero-order valence-corrected chi connectivity index (χ0v) is 14.1. The van der Waals surface area contributed by atoms with Crippen LogP contribution in [0, 0.1) is 17.0 Å². The Morgan fingerprint density at radius 1 is 1.31 bits per heavy atom. The minimum absolute atomic E-state index is 0.0963. The van der Waals surface area contributed by atoms with Crippen molar-refractivity contribution in [3.8, 4) is 0 Å². The first-order chi connectivity index (χ1) is 12.4. The summed E-state index contributed by atoms with van der Waals surface area (Å²) >= 11 is 6.01. The molecule has 0 aliphatic heterocycles. The van der Waals surface area contributed by atoms with Gasteiger partial charge in [-0.1, -0.05) is 17.7 Å². The number of carbonyl (C=O) groups is 1. The summed E-state index contributed by atoms with van der Waals surface area (Å²) in [7, 11) is 0. The summed E-state index contributed by atoms with van der Waals surface area (Å²) in [4.78, 5) is 29.8. The molecular formula is C17H11ClFN3O4. The number of nitrogens with one attached hydrogen (secondary N) is 1. The third-order valence-corrected chi connectivity index (χ3v) is 4.03. The van der Waals surface area contributed by atoms with Gasteiger partial charge in [-0.3, -0.25) is 15.1 Å². The second-order valence-corrected chi connectivity index (χ2v) is 5.89. The summed E-state index contributed by atoms with van der Waals surface area (Å²) in [5.41, 5.74) is 1.22. The van der Waals surface area contributed by atoms with Gasteiger partial charge in [0.1, 0.15) is 5.56 Å². The topological polar surface area (TPSA) is 94.4 Å². The van der Waals surface area contributed by atoms with Crippen LogP contribution < -0.4 is 5.32 Å². The molecule has 0 unspecified atom stereocenters. The predicted octanol–water partition coefficient (Wildman–Crippen LogP) is 4.89. The number of carbonyl (C=O) groups excluding carboxylic acids is 1. The zero-order chi connectivity index (χ0) is 18.8. The highest BCUT2D eigenvalue weighted by atomic mass is 35.5. The Balaban J connectivity index is 2.19. The maximum Gasteiger partial charge on any atom is 0.383 e. The molecule has 0 amide bonds. The molecular weight excluding hydrogens is 365 g/mol. The van der Waals surface area contributed by atoms with Crippen LogP contribution in [0.3, 0.4) is 0 Å². The smallest absolute Gasteiger partial charge is 0.354 e. The molecule has 2 aromatic carbocycles. The largest absolute Gasteiger partial charge is 0.383 e. The van der Waals surface area contributed by atoms with Crippen LogP contribution in [-0.4, -0.2) is 15.9 Å². The molecule has 0 radical (unpaired) electrons. The number of aryl methyl sites for hydroxylation is 1. The van der Waals surface area contributed by atoms with Gasteiger partial charge in [-0.25, -0.2) is 9.74 Å². The van der Waals surface area contributed by atoms with E-state index in [9.17, 15) is 19.4 Å². The fourth-order valence-corrected chi connectivity index (χ4v) is 2.70.